The second kappa shape index (κ2) is 11.6. The van der Waals surface area contributed by atoms with E-state index in [0.717, 1.165) is 37.6 Å². The minimum absolute atomic E-state index is 0.0439. The first-order chi connectivity index (χ1) is 13.2. The van der Waals surface area contributed by atoms with E-state index in [4.69, 9.17) is 4.74 Å². The molecule has 144 valence electrons. The standard InChI is InChI=1S/C21H28N4O2/c1-22-21(25-16-13-17-9-11-19(27-2)12-10-17)24-15-6-14-23-20(26)18-7-4-3-5-8-18/h3-5,7-12H,6,13-16H2,1-2H3,(H,23,26)(H2,22,24,25). The van der Waals surface area contributed by atoms with Crippen molar-refractivity contribution in [3.05, 3.63) is 65.7 Å². The zero-order chi connectivity index (χ0) is 19.3. The molecule has 0 saturated carbocycles. The van der Waals surface area contributed by atoms with Gasteiger partial charge in [-0.25, -0.2) is 0 Å². The van der Waals surface area contributed by atoms with Crippen LogP contribution in [-0.2, 0) is 6.42 Å². The maximum Gasteiger partial charge on any atom is 0.251 e. The zero-order valence-electron chi connectivity index (χ0n) is 16.0. The van der Waals surface area contributed by atoms with Crippen LogP contribution in [0, 0.1) is 0 Å². The minimum Gasteiger partial charge on any atom is -0.497 e. The van der Waals surface area contributed by atoms with Gasteiger partial charge in [-0.3, -0.25) is 9.79 Å². The lowest BCUT2D eigenvalue weighted by Gasteiger charge is -2.12. The molecule has 6 heteroatoms. The van der Waals surface area contributed by atoms with Crippen LogP contribution < -0.4 is 20.7 Å². The van der Waals surface area contributed by atoms with Crippen molar-refractivity contribution in [2.75, 3.05) is 33.8 Å². The van der Waals surface area contributed by atoms with Crippen molar-refractivity contribution in [1.82, 2.24) is 16.0 Å². The summed E-state index contributed by atoms with van der Waals surface area (Å²) in [6.07, 6.45) is 1.72. The van der Waals surface area contributed by atoms with Crippen LogP contribution in [0.25, 0.3) is 0 Å². The monoisotopic (exact) mass is 368 g/mol. The molecule has 3 N–H and O–H groups in total. The number of nitrogens with one attached hydrogen (secondary N) is 3. The number of amides is 1. The van der Waals surface area contributed by atoms with Crippen LogP contribution in [0.2, 0.25) is 0 Å². The van der Waals surface area contributed by atoms with Gasteiger partial charge in [0.2, 0.25) is 0 Å². The molecule has 6 nitrogen and oxygen atoms in total. The highest BCUT2D eigenvalue weighted by molar-refractivity contribution is 5.94. The van der Waals surface area contributed by atoms with Crippen LogP contribution in [0.5, 0.6) is 5.75 Å². The first-order valence-electron chi connectivity index (χ1n) is 9.13. The van der Waals surface area contributed by atoms with Crippen LogP contribution in [0.15, 0.2) is 59.6 Å². The van der Waals surface area contributed by atoms with Gasteiger partial charge < -0.3 is 20.7 Å². The van der Waals surface area contributed by atoms with Gasteiger partial charge in [0, 0.05) is 32.2 Å². The second-order valence-corrected chi connectivity index (χ2v) is 6.00. The molecule has 1 amide bonds. The number of hydrogen-bond acceptors (Lipinski definition) is 3. The normalized spacial score (nSPS) is 11.0. The Bertz CT molecular complexity index is 715. The highest BCUT2D eigenvalue weighted by Gasteiger charge is 2.03. The molecule has 2 rings (SSSR count). The molecule has 0 atom stereocenters. The summed E-state index contributed by atoms with van der Waals surface area (Å²) in [4.78, 5) is 16.2. The SMILES string of the molecule is CN=C(NCCCNC(=O)c1ccccc1)NCCc1ccc(OC)cc1. The van der Waals surface area contributed by atoms with E-state index in [1.807, 2.05) is 42.5 Å². The number of rotatable bonds is 9. The highest BCUT2D eigenvalue weighted by Crippen LogP contribution is 2.11. The van der Waals surface area contributed by atoms with Crippen molar-refractivity contribution in [2.24, 2.45) is 4.99 Å². The molecule has 2 aromatic carbocycles. The van der Waals surface area contributed by atoms with E-state index < -0.39 is 0 Å². The molecule has 0 aliphatic carbocycles. The summed E-state index contributed by atoms with van der Waals surface area (Å²) in [5.74, 6) is 1.58. The smallest absolute Gasteiger partial charge is 0.251 e. The highest BCUT2D eigenvalue weighted by atomic mass is 16.5. The third-order valence-electron chi connectivity index (χ3n) is 4.06. The molecule has 0 fully saturated rings. The number of carbonyl (C=O) groups excluding carboxylic acids is 1. The third-order valence-corrected chi connectivity index (χ3v) is 4.06. The summed E-state index contributed by atoms with van der Waals surface area (Å²) >= 11 is 0. The van der Waals surface area contributed by atoms with Crippen molar-refractivity contribution < 1.29 is 9.53 Å². The van der Waals surface area contributed by atoms with Gasteiger partial charge in [-0.15, -0.1) is 0 Å². The van der Waals surface area contributed by atoms with E-state index in [-0.39, 0.29) is 5.91 Å². The van der Waals surface area contributed by atoms with E-state index in [2.05, 4.69) is 33.1 Å². The molecule has 0 aliphatic rings. The van der Waals surface area contributed by atoms with Crippen molar-refractivity contribution in [3.8, 4) is 5.75 Å². The molecule has 0 heterocycles. The van der Waals surface area contributed by atoms with Crippen LogP contribution in [-0.4, -0.2) is 45.7 Å². The molecule has 0 bridgehead atoms. The molecule has 0 aromatic heterocycles. The fourth-order valence-corrected chi connectivity index (χ4v) is 2.53. The predicted octanol–water partition coefficient (Wildman–Crippen LogP) is 2.22. The number of carbonyl (C=O) groups is 1. The lowest BCUT2D eigenvalue weighted by atomic mass is 10.1. The van der Waals surface area contributed by atoms with Crippen molar-refractivity contribution in [2.45, 2.75) is 12.8 Å². The summed E-state index contributed by atoms with van der Waals surface area (Å²) in [5.41, 5.74) is 1.92. The van der Waals surface area contributed by atoms with E-state index in [1.54, 1.807) is 14.2 Å². The third kappa shape index (κ3) is 7.40. The van der Waals surface area contributed by atoms with E-state index in [1.165, 1.54) is 5.56 Å². The maximum absolute atomic E-state index is 11.9. The average molecular weight is 368 g/mol. The molecular weight excluding hydrogens is 340 g/mol. The molecule has 0 aliphatic heterocycles. The van der Waals surface area contributed by atoms with Crippen molar-refractivity contribution in [3.63, 3.8) is 0 Å². The van der Waals surface area contributed by atoms with Gasteiger partial charge >= 0.3 is 0 Å². The van der Waals surface area contributed by atoms with Crippen LogP contribution >= 0.6 is 0 Å². The molecule has 2 aromatic rings. The average Bonchev–Trinajstić information content (AvgIpc) is 2.73. The van der Waals surface area contributed by atoms with Gasteiger partial charge in [-0.05, 0) is 42.7 Å². The number of guanidine groups is 1. The van der Waals surface area contributed by atoms with Gasteiger partial charge in [0.05, 0.1) is 7.11 Å². The number of aliphatic imine (C=N–C) groups is 1. The van der Waals surface area contributed by atoms with E-state index >= 15 is 0 Å². The van der Waals surface area contributed by atoms with Gasteiger partial charge in [0.25, 0.3) is 5.91 Å². The predicted molar refractivity (Wildman–Crippen MR) is 109 cm³/mol. The van der Waals surface area contributed by atoms with Gasteiger partial charge in [-0.1, -0.05) is 30.3 Å². The van der Waals surface area contributed by atoms with Crippen molar-refractivity contribution >= 4 is 11.9 Å². The fraction of sp³-hybridized carbons (Fsp3) is 0.333. The lowest BCUT2D eigenvalue weighted by molar-refractivity contribution is 0.0953. The Morgan fingerprint density at radius 3 is 2.26 bits per heavy atom. The number of methoxy groups -OCH3 is 1. The van der Waals surface area contributed by atoms with E-state index in [0.29, 0.717) is 12.1 Å². The van der Waals surface area contributed by atoms with Gasteiger partial charge in [0.1, 0.15) is 5.75 Å². The largest absolute Gasteiger partial charge is 0.497 e. The number of hydrogen-bond donors (Lipinski definition) is 3. The molecule has 27 heavy (non-hydrogen) atoms. The Labute approximate surface area is 161 Å². The quantitative estimate of drug-likeness (QED) is 0.360. The number of benzene rings is 2. The number of ether oxygens (including phenoxy) is 1. The Balaban J connectivity index is 1.59. The van der Waals surface area contributed by atoms with Crippen molar-refractivity contribution in [1.29, 1.82) is 0 Å². The van der Waals surface area contributed by atoms with Crippen LogP contribution in [0.3, 0.4) is 0 Å². The second-order valence-electron chi connectivity index (χ2n) is 6.00. The maximum atomic E-state index is 11.9. The summed E-state index contributed by atoms with van der Waals surface area (Å²) in [5, 5.41) is 9.46. The molecular formula is C21H28N4O2. The molecule has 0 unspecified atom stereocenters. The van der Waals surface area contributed by atoms with Gasteiger partial charge in [-0.2, -0.15) is 0 Å². The summed E-state index contributed by atoms with van der Waals surface area (Å²) in [7, 11) is 3.42. The summed E-state index contributed by atoms with van der Waals surface area (Å²) in [6.45, 7) is 2.14. The Morgan fingerprint density at radius 1 is 0.926 bits per heavy atom. The topological polar surface area (TPSA) is 74.8 Å². The van der Waals surface area contributed by atoms with Gasteiger partial charge in [0.15, 0.2) is 5.96 Å². The fourth-order valence-electron chi connectivity index (χ4n) is 2.53. The van der Waals surface area contributed by atoms with Crippen LogP contribution in [0.4, 0.5) is 0 Å². The first-order valence-corrected chi connectivity index (χ1v) is 9.13. The minimum atomic E-state index is -0.0439. The molecule has 0 radical (unpaired) electrons. The Hall–Kier alpha value is -3.02. The summed E-state index contributed by atoms with van der Waals surface area (Å²) in [6, 6.07) is 17.3. The lowest BCUT2D eigenvalue weighted by Crippen LogP contribution is -2.39. The van der Waals surface area contributed by atoms with E-state index in [9.17, 15) is 4.79 Å². The Kier molecular flexibility index (Phi) is 8.69. The number of nitrogens with zero attached hydrogens (tertiary/aromatic N) is 1. The first kappa shape index (κ1) is 20.3. The molecule has 0 saturated heterocycles. The van der Waals surface area contributed by atoms with Crippen LogP contribution in [0.1, 0.15) is 22.3 Å². The molecule has 0 spiro atoms. The zero-order valence-corrected chi connectivity index (χ0v) is 16.0. The summed E-state index contributed by atoms with van der Waals surface area (Å²) < 4.78 is 5.16. The Morgan fingerprint density at radius 2 is 1.59 bits per heavy atom.